The minimum atomic E-state index is 0.540. The number of nitrogens with zero attached hydrogens (tertiary/aromatic N) is 6. The lowest BCUT2D eigenvalue weighted by atomic mass is 10.0. The van der Waals surface area contributed by atoms with Crippen LogP contribution >= 0.6 is 23.2 Å². The van der Waals surface area contributed by atoms with E-state index in [1.807, 2.05) is 32.2 Å². The predicted octanol–water partition coefficient (Wildman–Crippen LogP) is 6.34. The van der Waals surface area contributed by atoms with Crippen molar-refractivity contribution in [3.63, 3.8) is 0 Å². The molecule has 0 spiro atoms. The molecular weight excluding hydrogens is 469 g/mol. The molecule has 0 unspecified atom stereocenters. The van der Waals surface area contributed by atoms with Crippen LogP contribution in [0.4, 0.5) is 0 Å². The number of imidazole rings is 1. The van der Waals surface area contributed by atoms with E-state index in [0.717, 1.165) is 50.3 Å². The van der Waals surface area contributed by atoms with E-state index < -0.39 is 0 Å². The molecule has 0 saturated heterocycles. The first-order valence-electron chi connectivity index (χ1n) is 10.6. The van der Waals surface area contributed by atoms with E-state index >= 15 is 0 Å². The molecule has 0 fully saturated rings. The first-order chi connectivity index (χ1) is 16.5. The fourth-order valence-corrected chi connectivity index (χ4v) is 4.82. The molecule has 0 aliphatic heterocycles. The van der Waals surface area contributed by atoms with Gasteiger partial charge < -0.3 is 0 Å². The fourth-order valence-electron chi connectivity index (χ4n) is 4.37. The van der Waals surface area contributed by atoms with Crippen LogP contribution in [0.3, 0.4) is 0 Å². The van der Waals surface area contributed by atoms with Crippen molar-refractivity contribution in [2.45, 2.75) is 13.8 Å². The normalized spacial score (nSPS) is 11.5. The van der Waals surface area contributed by atoms with Crippen LogP contribution in [0, 0.1) is 13.8 Å². The summed E-state index contributed by atoms with van der Waals surface area (Å²) in [6, 6.07) is 13.7. The Bertz CT molecular complexity index is 1700. The van der Waals surface area contributed by atoms with Crippen molar-refractivity contribution in [1.29, 1.82) is 0 Å². The summed E-state index contributed by atoms with van der Waals surface area (Å²) >= 11 is 13.1. The molecule has 0 bridgehead atoms. The fraction of sp³-hybridized carbons (Fsp3) is 0.0800. The third-order valence-electron chi connectivity index (χ3n) is 5.84. The Kier molecular flexibility index (Phi) is 4.83. The van der Waals surface area contributed by atoms with E-state index in [-0.39, 0.29) is 0 Å². The molecule has 6 rings (SSSR count). The molecule has 166 valence electrons. The van der Waals surface area contributed by atoms with Crippen LogP contribution in [0.1, 0.15) is 11.5 Å². The molecule has 4 heterocycles. The van der Waals surface area contributed by atoms with E-state index in [4.69, 9.17) is 28.2 Å². The van der Waals surface area contributed by atoms with Gasteiger partial charge in [-0.25, -0.2) is 9.97 Å². The van der Waals surface area contributed by atoms with Crippen LogP contribution in [0.25, 0.3) is 50.1 Å². The second-order valence-corrected chi connectivity index (χ2v) is 8.80. The van der Waals surface area contributed by atoms with Crippen molar-refractivity contribution in [2.24, 2.45) is 0 Å². The number of aromatic nitrogens is 7. The molecule has 0 amide bonds. The number of nitrogens with one attached hydrogen (secondary N) is 1. The van der Waals surface area contributed by atoms with Gasteiger partial charge in [0, 0.05) is 29.0 Å². The lowest BCUT2D eigenvalue weighted by Crippen LogP contribution is -2.00. The maximum absolute atomic E-state index is 6.65. The van der Waals surface area contributed by atoms with E-state index in [2.05, 4.69) is 47.9 Å². The summed E-state index contributed by atoms with van der Waals surface area (Å²) in [6.45, 7) is 3.94. The highest BCUT2D eigenvalue weighted by Gasteiger charge is 2.20. The number of rotatable bonds is 3. The van der Waals surface area contributed by atoms with Gasteiger partial charge in [0.2, 0.25) is 0 Å². The number of aromatic amines is 1. The summed E-state index contributed by atoms with van der Waals surface area (Å²) < 4.78 is 2.08. The molecule has 0 radical (unpaired) electrons. The smallest absolute Gasteiger partial charge is 0.157 e. The Morgan fingerprint density at radius 3 is 2.44 bits per heavy atom. The summed E-state index contributed by atoms with van der Waals surface area (Å²) in [7, 11) is 0. The van der Waals surface area contributed by atoms with E-state index in [1.54, 1.807) is 18.3 Å². The molecule has 34 heavy (non-hydrogen) atoms. The Hall–Kier alpha value is -3.81. The van der Waals surface area contributed by atoms with Gasteiger partial charge in [-0.1, -0.05) is 23.2 Å². The summed E-state index contributed by atoms with van der Waals surface area (Å²) in [4.78, 5) is 18.1. The second kappa shape index (κ2) is 7.90. The standard InChI is InChI=1S/C25H17Cl2N7/c1-13-9-15(5-7-28-13)16-10-17(25-30-12-31-33-25)23-21(11-16)34(14(2)32-23)20-6-8-29-24-19(27)4-3-18(26)22(20)24/h3-12H,1-2H3,(H,30,31,33). The number of aryl methyl sites for hydroxylation is 2. The van der Waals surface area contributed by atoms with Crippen LogP contribution in [0.5, 0.6) is 0 Å². The highest BCUT2D eigenvalue weighted by molar-refractivity contribution is 6.40. The van der Waals surface area contributed by atoms with Gasteiger partial charge in [0.1, 0.15) is 17.7 Å². The summed E-state index contributed by atoms with van der Waals surface area (Å²) in [5.41, 5.74) is 7.03. The summed E-state index contributed by atoms with van der Waals surface area (Å²) in [5, 5.41) is 8.91. The van der Waals surface area contributed by atoms with Crippen LogP contribution < -0.4 is 0 Å². The van der Waals surface area contributed by atoms with Crippen LogP contribution in [-0.2, 0) is 0 Å². The molecule has 1 N–H and O–H groups in total. The lowest BCUT2D eigenvalue weighted by Gasteiger charge is -2.13. The van der Waals surface area contributed by atoms with Crippen molar-refractivity contribution in [3.05, 3.63) is 82.7 Å². The Morgan fingerprint density at radius 2 is 1.65 bits per heavy atom. The Balaban J connectivity index is 1.73. The summed E-state index contributed by atoms with van der Waals surface area (Å²) in [6.07, 6.45) is 5.04. The highest BCUT2D eigenvalue weighted by Crippen LogP contribution is 2.38. The third-order valence-corrected chi connectivity index (χ3v) is 6.46. The molecule has 0 saturated carbocycles. The minimum Gasteiger partial charge on any atom is -0.296 e. The molecule has 0 aliphatic rings. The second-order valence-electron chi connectivity index (χ2n) is 7.99. The number of hydrogen-bond donors (Lipinski definition) is 1. The lowest BCUT2D eigenvalue weighted by molar-refractivity contribution is 1.01. The van der Waals surface area contributed by atoms with Gasteiger partial charge in [0.15, 0.2) is 5.82 Å². The predicted molar refractivity (Wildman–Crippen MR) is 134 cm³/mol. The molecule has 0 atom stereocenters. The molecule has 0 aliphatic carbocycles. The number of benzene rings is 2. The van der Waals surface area contributed by atoms with E-state index in [9.17, 15) is 0 Å². The van der Waals surface area contributed by atoms with Crippen molar-refractivity contribution < 1.29 is 0 Å². The molecule has 6 aromatic rings. The number of H-pyrrole nitrogens is 1. The molecule has 9 heteroatoms. The average molecular weight is 486 g/mol. The van der Waals surface area contributed by atoms with Gasteiger partial charge in [-0.15, -0.1) is 0 Å². The van der Waals surface area contributed by atoms with Crippen LogP contribution in [0.2, 0.25) is 10.0 Å². The van der Waals surface area contributed by atoms with Crippen LogP contribution in [-0.4, -0.2) is 34.7 Å². The number of fused-ring (bicyclic) bond motifs is 2. The van der Waals surface area contributed by atoms with Crippen molar-refractivity contribution >= 4 is 45.1 Å². The molecule has 4 aromatic heterocycles. The van der Waals surface area contributed by atoms with Gasteiger partial charge in [-0.3, -0.25) is 19.6 Å². The van der Waals surface area contributed by atoms with E-state index in [1.165, 1.54) is 6.33 Å². The zero-order chi connectivity index (χ0) is 23.4. The van der Waals surface area contributed by atoms with Gasteiger partial charge in [0.25, 0.3) is 0 Å². The van der Waals surface area contributed by atoms with Gasteiger partial charge >= 0.3 is 0 Å². The monoisotopic (exact) mass is 485 g/mol. The number of hydrogen-bond acceptors (Lipinski definition) is 5. The first kappa shape index (κ1) is 20.8. The van der Waals surface area contributed by atoms with Crippen LogP contribution in [0.15, 0.2) is 61.2 Å². The Labute approximate surface area is 204 Å². The first-order valence-corrected chi connectivity index (χ1v) is 11.3. The van der Waals surface area contributed by atoms with Gasteiger partial charge in [0.05, 0.1) is 26.8 Å². The Morgan fingerprint density at radius 1 is 0.824 bits per heavy atom. The van der Waals surface area contributed by atoms with Gasteiger partial charge in [-0.2, -0.15) is 5.10 Å². The molecule has 2 aromatic carbocycles. The molecule has 7 nitrogen and oxygen atoms in total. The van der Waals surface area contributed by atoms with Crippen molar-refractivity contribution in [1.82, 2.24) is 34.7 Å². The quantitative estimate of drug-likeness (QED) is 0.315. The minimum absolute atomic E-state index is 0.540. The van der Waals surface area contributed by atoms with Gasteiger partial charge in [-0.05, 0) is 67.4 Å². The SMILES string of the molecule is Cc1cc(-c2cc(-c3ncn[nH]3)c3nc(C)n(-c4ccnc5c(Cl)ccc(Cl)c45)c3c2)ccn1. The maximum atomic E-state index is 6.65. The maximum Gasteiger partial charge on any atom is 0.157 e. The number of halogens is 2. The largest absolute Gasteiger partial charge is 0.296 e. The van der Waals surface area contributed by atoms with E-state index in [0.29, 0.717) is 21.4 Å². The topological polar surface area (TPSA) is 85.2 Å². The van der Waals surface area contributed by atoms with Crippen molar-refractivity contribution in [2.75, 3.05) is 0 Å². The summed E-state index contributed by atoms with van der Waals surface area (Å²) in [5.74, 6) is 1.44. The average Bonchev–Trinajstić information content (AvgIpc) is 3.48. The van der Waals surface area contributed by atoms with Crippen molar-refractivity contribution in [3.8, 4) is 28.2 Å². The highest BCUT2D eigenvalue weighted by atomic mass is 35.5. The number of pyridine rings is 2. The molecular formula is C25H17Cl2N7. The zero-order valence-corrected chi connectivity index (χ0v) is 19.7. The zero-order valence-electron chi connectivity index (χ0n) is 18.2. The third kappa shape index (κ3) is 3.24.